The van der Waals surface area contributed by atoms with E-state index in [1.54, 1.807) is 12.1 Å². The molecule has 3 aromatic rings. The first kappa shape index (κ1) is 13.6. The minimum absolute atomic E-state index is 0.203. The first-order chi connectivity index (χ1) is 10.1. The van der Waals surface area contributed by atoms with Gasteiger partial charge in [-0.1, -0.05) is 59.7 Å². The summed E-state index contributed by atoms with van der Waals surface area (Å²) in [6.07, 6.45) is 0. The quantitative estimate of drug-likeness (QED) is 0.557. The van der Waals surface area contributed by atoms with Gasteiger partial charge in [-0.15, -0.1) is 0 Å². The molecule has 0 heterocycles. The fraction of sp³-hybridized carbons (Fsp3) is 0.100. The van der Waals surface area contributed by atoms with Crippen molar-refractivity contribution in [2.24, 2.45) is 0 Å². The van der Waals surface area contributed by atoms with Crippen molar-refractivity contribution in [1.29, 1.82) is 0 Å². The second-order valence-corrected chi connectivity index (χ2v) is 5.47. The Morgan fingerprint density at radius 3 is 1.48 bits per heavy atom. The summed E-state index contributed by atoms with van der Waals surface area (Å²) in [5.41, 5.74) is 6.26. The van der Waals surface area contributed by atoms with E-state index in [1.807, 2.05) is 56.3 Å². The average Bonchev–Trinajstić information content (AvgIpc) is 2.46. The summed E-state index contributed by atoms with van der Waals surface area (Å²) in [6, 6.07) is 21.5. The molecule has 0 aliphatic rings. The Labute approximate surface area is 124 Å². The molecule has 0 aromatic heterocycles. The lowest BCUT2D eigenvalue weighted by Crippen LogP contribution is -1.86. The summed E-state index contributed by atoms with van der Waals surface area (Å²) >= 11 is 0. The third-order valence-electron chi connectivity index (χ3n) is 3.60. The summed E-state index contributed by atoms with van der Waals surface area (Å²) in [4.78, 5) is 0. The summed E-state index contributed by atoms with van der Waals surface area (Å²) in [6.45, 7) is 4.09. The molecule has 21 heavy (non-hydrogen) atoms. The third-order valence-corrected chi connectivity index (χ3v) is 3.60. The first-order valence-corrected chi connectivity index (χ1v) is 7.06. The van der Waals surface area contributed by atoms with E-state index in [4.69, 9.17) is 0 Å². The highest BCUT2D eigenvalue weighted by Gasteiger charge is 2.06. The van der Waals surface area contributed by atoms with Crippen LogP contribution in [-0.2, 0) is 0 Å². The lowest BCUT2D eigenvalue weighted by molar-refractivity contribution is 0.629. The van der Waals surface area contributed by atoms with Gasteiger partial charge in [-0.3, -0.25) is 0 Å². The Hall–Kier alpha value is -2.41. The molecular weight excluding hydrogens is 259 g/mol. The van der Waals surface area contributed by atoms with Crippen LogP contribution in [-0.4, -0.2) is 0 Å². The number of benzene rings is 3. The van der Waals surface area contributed by atoms with Crippen molar-refractivity contribution in [3.05, 3.63) is 83.7 Å². The Morgan fingerprint density at radius 1 is 0.571 bits per heavy atom. The van der Waals surface area contributed by atoms with E-state index in [9.17, 15) is 4.39 Å². The number of rotatable bonds is 2. The molecule has 0 bridgehead atoms. The molecule has 0 saturated carbocycles. The van der Waals surface area contributed by atoms with Crippen LogP contribution in [0, 0.1) is 19.7 Å². The van der Waals surface area contributed by atoms with Gasteiger partial charge in [0.2, 0.25) is 0 Å². The molecule has 0 N–H and O–H groups in total. The Bertz CT molecular complexity index is 724. The van der Waals surface area contributed by atoms with Crippen molar-refractivity contribution in [2.45, 2.75) is 13.8 Å². The molecule has 1 heteroatoms. The summed E-state index contributed by atoms with van der Waals surface area (Å²) in [5, 5.41) is 0. The van der Waals surface area contributed by atoms with Gasteiger partial charge < -0.3 is 0 Å². The van der Waals surface area contributed by atoms with Crippen molar-refractivity contribution in [2.75, 3.05) is 0 Å². The highest BCUT2D eigenvalue weighted by atomic mass is 19.1. The molecule has 0 fully saturated rings. The van der Waals surface area contributed by atoms with E-state index in [-0.39, 0.29) is 5.82 Å². The van der Waals surface area contributed by atoms with Crippen molar-refractivity contribution in [1.82, 2.24) is 0 Å². The standard InChI is InChI=1S/C20H17F/c1-14-5-3-7-16(9-14)18-11-19(13-20(21)12-18)17-8-4-6-15(2)10-17/h3-13H,1-2H3. The van der Waals surface area contributed by atoms with E-state index >= 15 is 0 Å². The Balaban J connectivity index is 2.12. The predicted molar refractivity (Wildman–Crippen MR) is 86.7 cm³/mol. The molecule has 0 aliphatic heterocycles. The lowest BCUT2D eigenvalue weighted by atomic mass is 9.97. The zero-order chi connectivity index (χ0) is 14.8. The van der Waals surface area contributed by atoms with E-state index in [1.165, 1.54) is 11.1 Å². The van der Waals surface area contributed by atoms with Crippen molar-refractivity contribution in [3.63, 3.8) is 0 Å². The molecule has 0 unspecified atom stereocenters. The highest BCUT2D eigenvalue weighted by molar-refractivity contribution is 5.73. The maximum atomic E-state index is 14.0. The highest BCUT2D eigenvalue weighted by Crippen LogP contribution is 2.28. The van der Waals surface area contributed by atoms with Crippen LogP contribution in [0.1, 0.15) is 11.1 Å². The molecule has 0 atom stereocenters. The maximum absolute atomic E-state index is 14.0. The Morgan fingerprint density at radius 2 is 1.05 bits per heavy atom. The fourth-order valence-electron chi connectivity index (χ4n) is 2.57. The number of hydrogen-bond acceptors (Lipinski definition) is 0. The van der Waals surface area contributed by atoms with E-state index in [0.717, 1.165) is 22.3 Å². The molecule has 0 radical (unpaired) electrons. The largest absolute Gasteiger partial charge is 0.207 e. The first-order valence-electron chi connectivity index (χ1n) is 7.06. The smallest absolute Gasteiger partial charge is 0.124 e. The Kier molecular flexibility index (Phi) is 3.57. The topological polar surface area (TPSA) is 0 Å². The van der Waals surface area contributed by atoms with Crippen LogP contribution < -0.4 is 0 Å². The number of halogens is 1. The second-order valence-electron chi connectivity index (χ2n) is 5.47. The molecule has 0 aliphatic carbocycles. The lowest BCUT2D eigenvalue weighted by Gasteiger charge is -2.08. The van der Waals surface area contributed by atoms with Gasteiger partial charge in [-0.05, 0) is 54.3 Å². The van der Waals surface area contributed by atoms with Gasteiger partial charge in [0.25, 0.3) is 0 Å². The molecule has 3 aromatic carbocycles. The number of hydrogen-bond donors (Lipinski definition) is 0. The van der Waals surface area contributed by atoms with Gasteiger partial charge >= 0.3 is 0 Å². The van der Waals surface area contributed by atoms with Crippen LogP contribution in [0.4, 0.5) is 4.39 Å². The van der Waals surface area contributed by atoms with E-state index in [2.05, 4.69) is 12.1 Å². The average molecular weight is 276 g/mol. The molecule has 3 rings (SSSR count). The van der Waals surface area contributed by atoms with Crippen molar-refractivity contribution < 1.29 is 4.39 Å². The van der Waals surface area contributed by atoms with Crippen LogP contribution in [0.2, 0.25) is 0 Å². The number of aryl methyl sites for hydroxylation is 2. The van der Waals surface area contributed by atoms with E-state index < -0.39 is 0 Å². The van der Waals surface area contributed by atoms with Gasteiger partial charge in [-0.2, -0.15) is 0 Å². The fourth-order valence-corrected chi connectivity index (χ4v) is 2.57. The van der Waals surface area contributed by atoms with Crippen LogP contribution in [0.15, 0.2) is 66.7 Å². The zero-order valence-electron chi connectivity index (χ0n) is 12.2. The van der Waals surface area contributed by atoms with Gasteiger partial charge in [0, 0.05) is 0 Å². The molecular formula is C20H17F. The van der Waals surface area contributed by atoms with Crippen LogP contribution in [0.3, 0.4) is 0 Å². The van der Waals surface area contributed by atoms with Crippen LogP contribution in [0.25, 0.3) is 22.3 Å². The molecule has 0 spiro atoms. The monoisotopic (exact) mass is 276 g/mol. The molecule has 0 amide bonds. The van der Waals surface area contributed by atoms with Gasteiger partial charge in [0.15, 0.2) is 0 Å². The molecule has 104 valence electrons. The minimum atomic E-state index is -0.203. The maximum Gasteiger partial charge on any atom is 0.124 e. The van der Waals surface area contributed by atoms with Crippen molar-refractivity contribution >= 4 is 0 Å². The van der Waals surface area contributed by atoms with Crippen LogP contribution >= 0.6 is 0 Å². The SMILES string of the molecule is Cc1cccc(-c2cc(F)cc(-c3cccc(C)c3)c2)c1. The normalized spacial score (nSPS) is 10.6. The predicted octanol–water partition coefficient (Wildman–Crippen LogP) is 5.78. The third kappa shape index (κ3) is 3.03. The zero-order valence-corrected chi connectivity index (χ0v) is 12.2. The summed E-state index contributed by atoms with van der Waals surface area (Å²) in [5.74, 6) is -0.203. The second kappa shape index (κ2) is 5.53. The summed E-state index contributed by atoms with van der Waals surface area (Å²) in [7, 11) is 0. The molecule has 0 saturated heterocycles. The molecule has 0 nitrogen and oxygen atoms in total. The van der Waals surface area contributed by atoms with Gasteiger partial charge in [0.05, 0.1) is 0 Å². The van der Waals surface area contributed by atoms with E-state index in [0.29, 0.717) is 0 Å². The van der Waals surface area contributed by atoms with Crippen molar-refractivity contribution in [3.8, 4) is 22.3 Å². The minimum Gasteiger partial charge on any atom is -0.207 e. The van der Waals surface area contributed by atoms with Gasteiger partial charge in [0.1, 0.15) is 5.82 Å². The van der Waals surface area contributed by atoms with Crippen LogP contribution in [0.5, 0.6) is 0 Å². The summed E-state index contributed by atoms with van der Waals surface area (Å²) < 4.78 is 14.0. The van der Waals surface area contributed by atoms with Gasteiger partial charge in [-0.25, -0.2) is 4.39 Å².